The highest BCUT2D eigenvalue weighted by molar-refractivity contribution is 8.00. The summed E-state index contributed by atoms with van der Waals surface area (Å²) in [7, 11) is 0. The first kappa shape index (κ1) is 15.5. The third-order valence-electron chi connectivity index (χ3n) is 2.40. The number of rotatable bonds is 5. The Morgan fingerprint density at radius 1 is 1.25 bits per heavy atom. The van der Waals surface area contributed by atoms with Gasteiger partial charge in [0.25, 0.3) is 0 Å². The highest BCUT2D eigenvalue weighted by Crippen LogP contribution is 2.30. The predicted molar refractivity (Wildman–Crippen MR) is 83.8 cm³/mol. The van der Waals surface area contributed by atoms with Gasteiger partial charge < -0.3 is 5.11 Å². The second-order valence-corrected chi connectivity index (χ2v) is 8.30. The second-order valence-electron chi connectivity index (χ2n) is 5.36. The zero-order valence-electron chi connectivity index (χ0n) is 11.5. The zero-order valence-corrected chi connectivity index (χ0v) is 14.0. The third-order valence-corrected chi connectivity index (χ3v) is 5.82. The van der Waals surface area contributed by atoms with Crippen LogP contribution in [0.2, 0.25) is 0 Å². The van der Waals surface area contributed by atoms with E-state index < -0.39 is 5.97 Å². The minimum Gasteiger partial charge on any atom is -0.481 e. The molecule has 0 saturated heterocycles. The maximum Gasteiger partial charge on any atom is 0.309 e. The molecule has 1 N–H and O–H groups in total. The topological polar surface area (TPSA) is 63.1 Å². The molecule has 0 aliphatic carbocycles. The van der Waals surface area contributed by atoms with Crippen LogP contribution in [0.5, 0.6) is 0 Å². The minimum absolute atomic E-state index is 0.0120. The summed E-state index contributed by atoms with van der Waals surface area (Å²) in [4.78, 5) is 19.5. The number of carboxylic acids is 1. The molecule has 2 rings (SSSR count). The number of carbonyl (C=O) groups is 1. The lowest BCUT2D eigenvalue weighted by molar-refractivity contribution is -0.136. The molecule has 0 spiro atoms. The maximum atomic E-state index is 10.6. The molecule has 0 fully saturated rings. The number of aliphatic carboxylic acids is 1. The van der Waals surface area contributed by atoms with E-state index in [1.165, 1.54) is 11.3 Å². The Kier molecular flexibility index (Phi) is 4.82. The number of thiazole rings is 2. The molecule has 0 aliphatic rings. The molecule has 0 bridgehead atoms. The molecular weight excluding hydrogens is 312 g/mol. The van der Waals surface area contributed by atoms with Crippen molar-refractivity contribution >= 4 is 40.4 Å². The lowest BCUT2D eigenvalue weighted by Crippen LogP contribution is -2.10. The highest BCUT2D eigenvalue weighted by atomic mass is 32.2. The van der Waals surface area contributed by atoms with Gasteiger partial charge in [0.2, 0.25) is 0 Å². The molecule has 2 aromatic heterocycles. The van der Waals surface area contributed by atoms with Crippen LogP contribution in [-0.4, -0.2) is 21.0 Å². The van der Waals surface area contributed by atoms with Gasteiger partial charge in [-0.2, -0.15) is 0 Å². The van der Waals surface area contributed by atoms with Crippen LogP contribution >= 0.6 is 34.4 Å². The predicted octanol–water partition coefficient (Wildman–Crippen LogP) is 3.82. The fraction of sp³-hybridized carbons (Fsp3) is 0.462. The number of carboxylic acid groups (broad SMARTS) is 1. The summed E-state index contributed by atoms with van der Waals surface area (Å²) in [5, 5.41) is 13.7. The standard InChI is InChI=1S/C13H16N2O2S3/c1-13(2,3)11-14-9(6-18-11)7-20-12-15-8(5-19-12)4-10(16)17/h5-6H,4,7H2,1-3H3,(H,16,17). The molecule has 0 aliphatic heterocycles. The van der Waals surface area contributed by atoms with E-state index in [4.69, 9.17) is 5.11 Å². The van der Waals surface area contributed by atoms with Crippen molar-refractivity contribution in [2.24, 2.45) is 0 Å². The quantitative estimate of drug-likeness (QED) is 0.845. The van der Waals surface area contributed by atoms with Gasteiger partial charge in [-0.05, 0) is 0 Å². The van der Waals surface area contributed by atoms with E-state index in [2.05, 4.69) is 36.1 Å². The van der Waals surface area contributed by atoms with Crippen molar-refractivity contribution in [3.05, 3.63) is 27.2 Å². The lowest BCUT2D eigenvalue weighted by Gasteiger charge is -2.13. The summed E-state index contributed by atoms with van der Waals surface area (Å²) >= 11 is 4.78. The highest BCUT2D eigenvalue weighted by Gasteiger charge is 2.18. The number of hydrogen-bond donors (Lipinski definition) is 1. The largest absolute Gasteiger partial charge is 0.481 e. The SMILES string of the molecule is CC(C)(C)c1nc(CSc2nc(CC(=O)O)cs2)cs1. The van der Waals surface area contributed by atoms with E-state index in [1.807, 2.05) is 0 Å². The Balaban J connectivity index is 1.93. The zero-order chi connectivity index (χ0) is 14.8. The van der Waals surface area contributed by atoms with E-state index in [9.17, 15) is 4.79 Å². The monoisotopic (exact) mass is 328 g/mol. The van der Waals surface area contributed by atoms with E-state index in [0.29, 0.717) is 5.69 Å². The summed E-state index contributed by atoms with van der Waals surface area (Å²) in [6.07, 6.45) is -0.0120. The van der Waals surface area contributed by atoms with Crippen LogP contribution in [0.15, 0.2) is 15.1 Å². The molecule has 20 heavy (non-hydrogen) atoms. The molecule has 0 amide bonds. The van der Waals surface area contributed by atoms with E-state index in [1.54, 1.807) is 28.5 Å². The molecule has 7 heteroatoms. The maximum absolute atomic E-state index is 10.6. The first-order chi connectivity index (χ1) is 9.34. The molecule has 0 atom stereocenters. The van der Waals surface area contributed by atoms with E-state index in [-0.39, 0.29) is 11.8 Å². The Labute approximate surface area is 130 Å². The lowest BCUT2D eigenvalue weighted by atomic mass is 9.98. The van der Waals surface area contributed by atoms with Gasteiger partial charge in [-0.1, -0.05) is 32.5 Å². The fourth-order valence-electron chi connectivity index (χ4n) is 1.44. The van der Waals surface area contributed by atoms with Crippen LogP contribution in [0.25, 0.3) is 0 Å². The third kappa shape index (κ3) is 4.29. The fourth-order valence-corrected chi connectivity index (χ4v) is 4.19. The number of nitrogens with zero attached hydrogens (tertiary/aromatic N) is 2. The van der Waals surface area contributed by atoms with Crippen molar-refractivity contribution in [1.82, 2.24) is 9.97 Å². The van der Waals surface area contributed by atoms with Crippen molar-refractivity contribution in [2.45, 2.75) is 42.7 Å². The second kappa shape index (κ2) is 6.24. The van der Waals surface area contributed by atoms with E-state index in [0.717, 1.165) is 20.8 Å². The molecule has 0 unspecified atom stereocenters. The van der Waals surface area contributed by atoms with Gasteiger partial charge >= 0.3 is 5.97 Å². The smallest absolute Gasteiger partial charge is 0.309 e. The van der Waals surface area contributed by atoms with Crippen LogP contribution < -0.4 is 0 Å². The molecule has 0 radical (unpaired) electrons. The summed E-state index contributed by atoms with van der Waals surface area (Å²) < 4.78 is 0.895. The average Bonchev–Trinajstić information content (AvgIpc) is 2.93. The molecule has 4 nitrogen and oxygen atoms in total. The molecule has 0 saturated carbocycles. The van der Waals surface area contributed by atoms with Crippen LogP contribution in [-0.2, 0) is 22.4 Å². The van der Waals surface area contributed by atoms with Crippen molar-refractivity contribution in [3.8, 4) is 0 Å². The minimum atomic E-state index is -0.846. The van der Waals surface area contributed by atoms with Gasteiger partial charge in [0.15, 0.2) is 4.34 Å². The van der Waals surface area contributed by atoms with Crippen molar-refractivity contribution in [1.29, 1.82) is 0 Å². The van der Waals surface area contributed by atoms with Crippen LogP contribution in [0.3, 0.4) is 0 Å². The van der Waals surface area contributed by atoms with Crippen LogP contribution in [0.4, 0.5) is 0 Å². The number of aromatic nitrogens is 2. The van der Waals surface area contributed by atoms with Crippen LogP contribution in [0, 0.1) is 0 Å². The van der Waals surface area contributed by atoms with Crippen LogP contribution in [0.1, 0.15) is 37.2 Å². The molecule has 0 aromatic carbocycles. The first-order valence-corrected chi connectivity index (χ1v) is 8.83. The van der Waals surface area contributed by atoms with Gasteiger partial charge in [-0.15, -0.1) is 22.7 Å². The van der Waals surface area contributed by atoms with Gasteiger partial charge in [-0.25, -0.2) is 9.97 Å². The Bertz CT molecular complexity index is 599. The van der Waals surface area contributed by atoms with Crippen molar-refractivity contribution in [3.63, 3.8) is 0 Å². The Morgan fingerprint density at radius 3 is 2.55 bits per heavy atom. The average molecular weight is 328 g/mol. The summed E-state index contributed by atoms with van der Waals surface area (Å²) in [5.41, 5.74) is 1.77. The molecule has 108 valence electrons. The van der Waals surface area contributed by atoms with Gasteiger partial charge in [0.1, 0.15) is 0 Å². The first-order valence-electron chi connectivity index (χ1n) is 6.08. The van der Waals surface area contributed by atoms with Gasteiger partial charge in [-0.3, -0.25) is 4.79 Å². The Hall–Kier alpha value is -0.920. The molecule has 2 aromatic rings. The van der Waals surface area contributed by atoms with Crippen molar-refractivity contribution < 1.29 is 9.90 Å². The molecular formula is C13H16N2O2S3. The van der Waals surface area contributed by atoms with Gasteiger partial charge in [0, 0.05) is 21.9 Å². The Morgan fingerprint density at radius 2 is 1.95 bits per heavy atom. The summed E-state index contributed by atoms with van der Waals surface area (Å²) in [5.74, 6) is -0.0757. The molecule has 2 heterocycles. The van der Waals surface area contributed by atoms with Gasteiger partial charge in [0.05, 0.1) is 22.8 Å². The number of thioether (sulfide) groups is 1. The summed E-state index contributed by atoms with van der Waals surface area (Å²) in [6.45, 7) is 6.46. The number of hydrogen-bond acceptors (Lipinski definition) is 6. The normalized spacial score (nSPS) is 11.8. The summed E-state index contributed by atoms with van der Waals surface area (Å²) in [6, 6.07) is 0. The van der Waals surface area contributed by atoms with Crippen molar-refractivity contribution in [2.75, 3.05) is 0 Å². The van der Waals surface area contributed by atoms with E-state index >= 15 is 0 Å².